The van der Waals surface area contributed by atoms with E-state index in [-0.39, 0.29) is 44.5 Å². The van der Waals surface area contributed by atoms with Gasteiger partial charge in [0.25, 0.3) is 12.3 Å². The monoisotopic (exact) mass is 470 g/mol. The van der Waals surface area contributed by atoms with E-state index < -0.39 is 53.3 Å². The van der Waals surface area contributed by atoms with Crippen molar-refractivity contribution in [1.29, 1.82) is 5.26 Å². The lowest BCUT2D eigenvalue weighted by molar-refractivity contribution is -0.0394. The maximum atomic E-state index is 15.0. The summed E-state index contributed by atoms with van der Waals surface area (Å²) in [5.41, 5.74) is -3.25. The molecule has 0 fully saturated rings. The number of nitrogens with one attached hydrogen (secondary N) is 1. The van der Waals surface area contributed by atoms with Crippen LogP contribution in [0.4, 0.5) is 32.4 Å². The number of nitriles is 1. The van der Waals surface area contributed by atoms with Crippen LogP contribution < -0.4 is 5.32 Å². The summed E-state index contributed by atoms with van der Waals surface area (Å²) in [5.74, 6) is -4.73. The minimum absolute atomic E-state index is 0.0672. The number of carbonyl (C=O) groups excluding carboxylic acids is 1. The number of carbonyl (C=O) groups is 1. The van der Waals surface area contributed by atoms with E-state index in [0.29, 0.717) is 5.69 Å². The lowest BCUT2D eigenvalue weighted by Crippen LogP contribution is -2.39. The predicted molar refractivity (Wildman–Crippen MR) is 103 cm³/mol. The summed E-state index contributed by atoms with van der Waals surface area (Å²) in [5, 5.41) is 25.9. The number of aromatic nitrogens is 3. The maximum absolute atomic E-state index is 15.0. The number of fused-ring (bicyclic) bond motifs is 3. The second kappa shape index (κ2) is 8.26. The van der Waals surface area contributed by atoms with Crippen molar-refractivity contribution in [2.24, 2.45) is 0 Å². The van der Waals surface area contributed by atoms with Crippen molar-refractivity contribution in [3.63, 3.8) is 0 Å². The first-order valence-corrected chi connectivity index (χ1v) is 10.1. The van der Waals surface area contributed by atoms with E-state index in [0.717, 1.165) is 21.8 Å². The van der Waals surface area contributed by atoms with Crippen molar-refractivity contribution in [2.45, 2.75) is 56.7 Å². The lowest BCUT2D eigenvalue weighted by atomic mass is 9.93. The SMILES string of the molecule is N#CC[C@@]1(O)CCC(F)(F)c2c3c(nn2C1)CCN(C(=O)Nc1ccnc(C(F)F)c1F)C3. The third kappa shape index (κ3) is 4.22. The number of rotatable bonds is 3. The number of aliphatic hydroxyl groups is 1. The van der Waals surface area contributed by atoms with E-state index in [1.807, 2.05) is 0 Å². The van der Waals surface area contributed by atoms with Crippen molar-refractivity contribution in [2.75, 3.05) is 11.9 Å². The average molecular weight is 470 g/mol. The van der Waals surface area contributed by atoms with Gasteiger partial charge in [0.05, 0.1) is 42.6 Å². The van der Waals surface area contributed by atoms with E-state index in [2.05, 4.69) is 15.4 Å². The number of hydrogen-bond acceptors (Lipinski definition) is 5. The Bertz CT molecular complexity index is 1130. The van der Waals surface area contributed by atoms with Gasteiger partial charge < -0.3 is 15.3 Å². The van der Waals surface area contributed by atoms with Crippen molar-refractivity contribution < 1.29 is 31.9 Å². The molecule has 4 heterocycles. The van der Waals surface area contributed by atoms with Crippen LogP contribution in [0, 0.1) is 17.1 Å². The Morgan fingerprint density at radius 2 is 2.12 bits per heavy atom. The number of halogens is 5. The number of anilines is 1. The number of nitrogens with zero attached hydrogens (tertiary/aromatic N) is 5. The van der Waals surface area contributed by atoms with E-state index in [1.54, 1.807) is 6.07 Å². The maximum Gasteiger partial charge on any atom is 0.322 e. The van der Waals surface area contributed by atoms with E-state index >= 15 is 8.78 Å². The number of amides is 2. The van der Waals surface area contributed by atoms with E-state index in [1.165, 1.54) is 0 Å². The Labute approximate surface area is 184 Å². The fourth-order valence-electron chi connectivity index (χ4n) is 4.18. The average Bonchev–Trinajstić information content (AvgIpc) is 3.06. The molecule has 0 unspecified atom stereocenters. The first-order chi connectivity index (χ1) is 15.5. The van der Waals surface area contributed by atoms with Crippen LogP contribution >= 0.6 is 0 Å². The van der Waals surface area contributed by atoms with Crippen molar-refractivity contribution >= 4 is 11.7 Å². The third-order valence-corrected chi connectivity index (χ3v) is 5.86. The molecule has 2 amide bonds. The molecule has 2 N–H and O–H groups in total. The number of urea groups is 1. The topological polar surface area (TPSA) is 107 Å². The van der Waals surface area contributed by atoms with Gasteiger partial charge in [-0.3, -0.25) is 9.67 Å². The molecule has 4 rings (SSSR count). The normalized spacial score (nSPS) is 21.7. The molecule has 0 bridgehead atoms. The van der Waals surface area contributed by atoms with Gasteiger partial charge in [0.15, 0.2) is 5.82 Å². The van der Waals surface area contributed by atoms with Crippen LogP contribution in [-0.2, 0) is 25.4 Å². The second-order valence-corrected chi connectivity index (χ2v) is 8.16. The Kier molecular flexibility index (Phi) is 5.73. The van der Waals surface area contributed by atoms with Gasteiger partial charge in [0.2, 0.25) is 0 Å². The Hall–Kier alpha value is -3.27. The minimum Gasteiger partial charge on any atom is -0.387 e. The second-order valence-electron chi connectivity index (χ2n) is 8.16. The molecule has 0 aliphatic carbocycles. The summed E-state index contributed by atoms with van der Waals surface area (Å²) in [6, 6.07) is 1.97. The minimum atomic E-state index is -3.36. The summed E-state index contributed by atoms with van der Waals surface area (Å²) < 4.78 is 71.0. The molecule has 2 aromatic rings. The van der Waals surface area contributed by atoms with Crippen LogP contribution in [0.15, 0.2) is 12.3 Å². The number of alkyl halides is 4. The van der Waals surface area contributed by atoms with Gasteiger partial charge in [-0.2, -0.15) is 19.1 Å². The van der Waals surface area contributed by atoms with E-state index in [4.69, 9.17) is 5.26 Å². The van der Waals surface area contributed by atoms with Crippen LogP contribution in [0.25, 0.3) is 0 Å². The number of hydrogen-bond donors (Lipinski definition) is 2. The van der Waals surface area contributed by atoms with Crippen LogP contribution in [0.2, 0.25) is 0 Å². The van der Waals surface area contributed by atoms with Crippen molar-refractivity contribution in [3.8, 4) is 6.07 Å². The van der Waals surface area contributed by atoms with Crippen LogP contribution in [-0.4, -0.2) is 42.9 Å². The van der Waals surface area contributed by atoms with Gasteiger partial charge in [-0.15, -0.1) is 0 Å². The molecule has 13 heteroatoms. The summed E-state index contributed by atoms with van der Waals surface area (Å²) in [6.45, 7) is -0.488. The van der Waals surface area contributed by atoms with Crippen LogP contribution in [0.1, 0.15) is 48.3 Å². The van der Waals surface area contributed by atoms with Crippen LogP contribution in [0.3, 0.4) is 0 Å². The molecule has 2 aliphatic heterocycles. The van der Waals surface area contributed by atoms with Gasteiger partial charge in [-0.05, 0) is 12.5 Å². The zero-order valence-electron chi connectivity index (χ0n) is 17.2. The molecule has 2 aromatic heterocycles. The standard InChI is InChI=1S/C20H19F5N6O2/c21-14-13(1-7-27-15(14)17(22)23)28-18(32)30-8-2-12-11(9-30)16-20(24,25)4-3-19(33,5-6-26)10-31(16)29-12/h1,7,17,33H,2-5,8-10H2,(H,27,28,32)/t19-/m0/s1. The first kappa shape index (κ1) is 22.9. The highest BCUT2D eigenvalue weighted by molar-refractivity contribution is 5.89. The largest absolute Gasteiger partial charge is 0.387 e. The fourth-order valence-corrected chi connectivity index (χ4v) is 4.18. The molecule has 0 spiro atoms. The highest BCUT2D eigenvalue weighted by atomic mass is 19.3. The quantitative estimate of drug-likeness (QED) is 0.668. The highest BCUT2D eigenvalue weighted by Crippen LogP contribution is 2.43. The summed E-state index contributed by atoms with van der Waals surface area (Å²) in [4.78, 5) is 17.1. The lowest BCUT2D eigenvalue weighted by Gasteiger charge is -2.28. The summed E-state index contributed by atoms with van der Waals surface area (Å²) >= 11 is 0. The molecular formula is C20H19F5N6O2. The molecule has 0 saturated heterocycles. The molecular weight excluding hydrogens is 451 g/mol. The fraction of sp³-hybridized carbons (Fsp3) is 0.500. The van der Waals surface area contributed by atoms with Gasteiger partial charge in [-0.1, -0.05) is 0 Å². The van der Waals surface area contributed by atoms with Crippen LogP contribution in [0.5, 0.6) is 0 Å². The molecule has 0 aromatic carbocycles. The Balaban J connectivity index is 1.60. The molecule has 0 saturated carbocycles. The Morgan fingerprint density at radius 3 is 2.82 bits per heavy atom. The smallest absolute Gasteiger partial charge is 0.322 e. The van der Waals surface area contributed by atoms with Gasteiger partial charge in [0, 0.05) is 31.1 Å². The van der Waals surface area contributed by atoms with Gasteiger partial charge in [0.1, 0.15) is 11.4 Å². The molecule has 2 aliphatic rings. The van der Waals surface area contributed by atoms with Crippen molar-refractivity contribution in [3.05, 3.63) is 40.7 Å². The van der Waals surface area contributed by atoms with E-state index in [9.17, 15) is 23.1 Å². The first-order valence-electron chi connectivity index (χ1n) is 10.1. The van der Waals surface area contributed by atoms with Crippen molar-refractivity contribution in [1.82, 2.24) is 19.7 Å². The molecule has 0 radical (unpaired) electrons. The third-order valence-electron chi connectivity index (χ3n) is 5.86. The highest BCUT2D eigenvalue weighted by Gasteiger charge is 2.47. The molecule has 176 valence electrons. The Morgan fingerprint density at radius 1 is 1.36 bits per heavy atom. The number of pyridine rings is 1. The van der Waals surface area contributed by atoms with Gasteiger partial charge >= 0.3 is 6.03 Å². The molecule has 8 nitrogen and oxygen atoms in total. The predicted octanol–water partition coefficient (Wildman–Crippen LogP) is 3.48. The van der Waals surface area contributed by atoms with Gasteiger partial charge in [-0.25, -0.2) is 18.0 Å². The zero-order valence-corrected chi connectivity index (χ0v) is 17.2. The summed E-state index contributed by atoms with van der Waals surface area (Å²) in [7, 11) is 0. The molecule has 33 heavy (non-hydrogen) atoms. The zero-order chi connectivity index (χ0) is 24.0. The molecule has 1 atom stereocenters. The summed E-state index contributed by atoms with van der Waals surface area (Å²) in [6.07, 6.45) is -3.47.